The summed E-state index contributed by atoms with van der Waals surface area (Å²) in [6.07, 6.45) is 1.69. The van der Waals surface area contributed by atoms with Crippen molar-refractivity contribution in [2.24, 2.45) is 0 Å². The van der Waals surface area contributed by atoms with Gasteiger partial charge in [-0.25, -0.2) is 14.2 Å². The van der Waals surface area contributed by atoms with Gasteiger partial charge in [-0.3, -0.25) is 29.3 Å². The zero-order valence-corrected chi connectivity index (χ0v) is 20.1. The van der Waals surface area contributed by atoms with Gasteiger partial charge < -0.3 is 14.2 Å². The fourth-order valence-electron chi connectivity index (χ4n) is 4.09. The number of aryl methyl sites for hydroxylation is 1. The third-order valence-corrected chi connectivity index (χ3v) is 5.56. The SMILES string of the molecule is C#CCn1c(=O)n([C@@H]2O[C@@H](OC(=O)c3ccccc3C)C[C@H]2OC(C)=O)c2nc(NC(C)=O)[nH]c(=O)c21. The molecule has 1 aliphatic rings. The Bertz CT molecular complexity index is 1560. The first-order valence-electron chi connectivity index (χ1n) is 11.2. The Hall–Kier alpha value is -4.70. The lowest BCUT2D eigenvalue weighted by Crippen LogP contribution is -2.33. The minimum Gasteiger partial charge on any atom is -0.457 e. The standard InChI is InChI=1S/C24H23N5O8/c1-5-10-28-18-19(26-23(25-13(3)30)27-20(18)32)29(24(28)34)21-16(35-14(4)31)11-17(36-21)37-22(33)15-9-7-6-8-12(15)2/h1,6-9,16-17,21H,10-11H2,2-4H3,(H2,25,26,27,30,32)/t16-,17+,21-/m1/s1. The molecule has 0 aliphatic carbocycles. The smallest absolute Gasteiger partial charge is 0.340 e. The summed E-state index contributed by atoms with van der Waals surface area (Å²) in [6, 6.07) is 6.78. The Kier molecular flexibility index (Phi) is 6.94. The van der Waals surface area contributed by atoms with E-state index >= 15 is 0 Å². The quantitative estimate of drug-likeness (QED) is 0.362. The third-order valence-electron chi connectivity index (χ3n) is 5.56. The lowest BCUT2D eigenvalue weighted by atomic mass is 10.1. The molecule has 3 aromatic rings. The number of nitrogens with one attached hydrogen (secondary N) is 2. The maximum atomic E-state index is 13.4. The molecular formula is C24H23N5O8. The van der Waals surface area contributed by atoms with Crippen LogP contribution in [0, 0.1) is 19.3 Å². The molecular weight excluding hydrogens is 486 g/mol. The van der Waals surface area contributed by atoms with E-state index in [1.807, 2.05) is 0 Å². The molecule has 1 amide bonds. The van der Waals surface area contributed by atoms with E-state index in [1.54, 1.807) is 31.2 Å². The van der Waals surface area contributed by atoms with Crippen molar-refractivity contribution in [3.05, 3.63) is 56.2 Å². The van der Waals surface area contributed by atoms with E-state index in [-0.39, 0.29) is 30.1 Å². The zero-order chi connectivity index (χ0) is 26.9. The number of hydrogen-bond acceptors (Lipinski definition) is 9. The highest BCUT2D eigenvalue weighted by Gasteiger charge is 2.43. The summed E-state index contributed by atoms with van der Waals surface area (Å²) in [5.74, 6) is 0.220. The van der Waals surface area contributed by atoms with Crippen molar-refractivity contribution in [3.63, 3.8) is 0 Å². The van der Waals surface area contributed by atoms with Gasteiger partial charge in [0.15, 0.2) is 23.5 Å². The average Bonchev–Trinajstić information content (AvgIpc) is 3.30. The summed E-state index contributed by atoms with van der Waals surface area (Å²) in [7, 11) is 0. The van der Waals surface area contributed by atoms with Crippen LogP contribution in [0.5, 0.6) is 0 Å². The number of rotatable bonds is 6. The largest absolute Gasteiger partial charge is 0.457 e. The number of carbonyl (C=O) groups is 3. The molecule has 3 atom stereocenters. The first-order valence-corrected chi connectivity index (χ1v) is 11.2. The Morgan fingerprint density at radius 1 is 1.24 bits per heavy atom. The number of aromatic amines is 1. The fraction of sp³-hybridized carbons (Fsp3) is 0.333. The monoisotopic (exact) mass is 509 g/mol. The number of carbonyl (C=O) groups excluding carboxylic acids is 3. The van der Waals surface area contributed by atoms with Crippen molar-refractivity contribution >= 4 is 35.0 Å². The molecule has 0 bridgehead atoms. The average molecular weight is 509 g/mol. The van der Waals surface area contributed by atoms with Crippen molar-refractivity contribution in [2.75, 3.05) is 5.32 Å². The van der Waals surface area contributed by atoms with Gasteiger partial charge in [-0.05, 0) is 18.6 Å². The second-order valence-corrected chi connectivity index (χ2v) is 8.27. The van der Waals surface area contributed by atoms with Gasteiger partial charge in [-0.1, -0.05) is 24.1 Å². The predicted octanol–water partition coefficient (Wildman–Crippen LogP) is 0.820. The van der Waals surface area contributed by atoms with E-state index in [1.165, 1.54) is 13.8 Å². The van der Waals surface area contributed by atoms with Crippen LogP contribution in [0.1, 0.15) is 42.4 Å². The summed E-state index contributed by atoms with van der Waals surface area (Å²) >= 11 is 0. The van der Waals surface area contributed by atoms with Gasteiger partial charge in [-0.2, -0.15) is 4.98 Å². The minimum atomic E-state index is -1.33. The second kappa shape index (κ2) is 10.1. The van der Waals surface area contributed by atoms with Gasteiger partial charge in [0, 0.05) is 13.8 Å². The number of H-pyrrole nitrogens is 1. The number of imidazole rings is 1. The van der Waals surface area contributed by atoms with Gasteiger partial charge in [0.25, 0.3) is 5.56 Å². The van der Waals surface area contributed by atoms with E-state index in [4.69, 9.17) is 20.6 Å². The van der Waals surface area contributed by atoms with Gasteiger partial charge in [0.05, 0.1) is 18.5 Å². The molecule has 2 aromatic heterocycles. The van der Waals surface area contributed by atoms with E-state index < -0.39 is 47.7 Å². The number of ether oxygens (including phenoxy) is 3. The number of nitrogens with zero attached hydrogens (tertiary/aromatic N) is 3. The lowest BCUT2D eigenvalue weighted by molar-refractivity contribution is -0.156. The molecule has 37 heavy (non-hydrogen) atoms. The van der Waals surface area contributed by atoms with Crippen LogP contribution in [0.15, 0.2) is 33.9 Å². The number of esters is 2. The predicted molar refractivity (Wildman–Crippen MR) is 128 cm³/mol. The molecule has 0 unspecified atom stereocenters. The lowest BCUT2D eigenvalue weighted by Gasteiger charge is -2.19. The number of anilines is 1. The first kappa shape index (κ1) is 25.4. The van der Waals surface area contributed by atoms with Crippen molar-refractivity contribution < 1.29 is 28.6 Å². The summed E-state index contributed by atoms with van der Waals surface area (Å²) in [5.41, 5.74) is -0.887. The van der Waals surface area contributed by atoms with Crippen LogP contribution in [0.2, 0.25) is 0 Å². The summed E-state index contributed by atoms with van der Waals surface area (Å²) in [5, 5.41) is 2.35. The van der Waals surface area contributed by atoms with Crippen LogP contribution >= 0.6 is 0 Å². The highest BCUT2D eigenvalue weighted by Crippen LogP contribution is 2.33. The molecule has 13 heteroatoms. The van der Waals surface area contributed by atoms with Gasteiger partial charge >= 0.3 is 17.6 Å². The highest BCUT2D eigenvalue weighted by atomic mass is 16.7. The van der Waals surface area contributed by atoms with Crippen molar-refractivity contribution in [1.82, 2.24) is 19.1 Å². The summed E-state index contributed by atoms with van der Waals surface area (Å²) in [4.78, 5) is 68.9. The maximum absolute atomic E-state index is 13.4. The second-order valence-electron chi connectivity index (χ2n) is 8.27. The van der Waals surface area contributed by atoms with Gasteiger partial charge in [0.2, 0.25) is 18.1 Å². The zero-order valence-electron chi connectivity index (χ0n) is 20.1. The third kappa shape index (κ3) is 5.00. The van der Waals surface area contributed by atoms with Crippen molar-refractivity contribution in [3.8, 4) is 12.3 Å². The number of fused-ring (bicyclic) bond motifs is 1. The van der Waals surface area contributed by atoms with E-state index in [2.05, 4.69) is 21.2 Å². The molecule has 4 rings (SSSR count). The van der Waals surface area contributed by atoms with E-state index in [0.717, 1.165) is 9.13 Å². The molecule has 192 valence electrons. The Morgan fingerprint density at radius 2 is 1.97 bits per heavy atom. The van der Waals surface area contributed by atoms with Crippen LogP contribution in [0.4, 0.5) is 5.95 Å². The molecule has 3 heterocycles. The topological polar surface area (TPSA) is 164 Å². The molecule has 0 spiro atoms. The minimum absolute atomic E-state index is 0.0993. The number of hydrogen-bond donors (Lipinski definition) is 2. The first-order chi connectivity index (χ1) is 17.6. The molecule has 0 radical (unpaired) electrons. The molecule has 0 saturated carbocycles. The number of aromatic nitrogens is 4. The van der Waals surface area contributed by atoms with E-state index in [0.29, 0.717) is 11.1 Å². The molecule has 1 aliphatic heterocycles. The van der Waals surface area contributed by atoms with Crippen LogP contribution in [0.3, 0.4) is 0 Å². The maximum Gasteiger partial charge on any atom is 0.340 e. The van der Waals surface area contributed by atoms with Crippen LogP contribution in [0.25, 0.3) is 11.2 Å². The number of terminal acetylenes is 1. The van der Waals surface area contributed by atoms with Crippen LogP contribution < -0.4 is 16.6 Å². The van der Waals surface area contributed by atoms with Crippen molar-refractivity contribution in [2.45, 2.75) is 52.4 Å². The Labute approximate surface area is 209 Å². The molecule has 1 aromatic carbocycles. The normalized spacial score (nSPS) is 18.8. The Balaban J connectivity index is 1.79. The van der Waals surface area contributed by atoms with Crippen LogP contribution in [-0.4, -0.2) is 49.3 Å². The summed E-state index contributed by atoms with van der Waals surface area (Å²) < 4.78 is 18.7. The summed E-state index contributed by atoms with van der Waals surface area (Å²) in [6.45, 7) is 3.85. The van der Waals surface area contributed by atoms with Gasteiger partial charge in [-0.15, -0.1) is 6.42 Å². The number of benzene rings is 1. The van der Waals surface area contributed by atoms with Gasteiger partial charge in [0.1, 0.15) is 0 Å². The molecule has 2 N–H and O–H groups in total. The Morgan fingerprint density at radius 3 is 2.62 bits per heavy atom. The molecule has 1 saturated heterocycles. The fourth-order valence-corrected chi connectivity index (χ4v) is 4.09. The van der Waals surface area contributed by atoms with Crippen LogP contribution in [-0.2, 0) is 30.3 Å². The van der Waals surface area contributed by atoms with Crippen molar-refractivity contribution in [1.29, 1.82) is 0 Å². The highest BCUT2D eigenvalue weighted by molar-refractivity contribution is 5.91. The molecule has 13 nitrogen and oxygen atoms in total. The molecule has 1 fully saturated rings. The number of amides is 1. The van der Waals surface area contributed by atoms with E-state index in [9.17, 15) is 24.0 Å².